The van der Waals surface area contributed by atoms with E-state index in [2.05, 4.69) is 4.98 Å². The number of aromatic nitrogens is 1. The van der Waals surface area contributed by atoms with E-state index in [9.17, 15) is 22.8 Å². The van der Waals surface area contributed by atoms with Crippen LogP contribution in [0.15, 0.2) is 41.2 Å². The molecule has 0 radical (unpaired) electrons. The molecule has 0 bridgehead atoms. The number of hydrogen-bond donors (Lipinski definition) is 1. The third kappa shape index (κ3) is 5.62. The van der Waals surface area contributed by atoms with Gasteiger partial charge in [0.15, 0.2) is 0 Å². The predicted molar refractivity (Wildman–Crippen MR) is 108 cm³/mol. The second-order valence-corrected chi connectivity index (χ2v) is 8.02. The van der Waals surface area contributed by atoms with Gasteiger partial charge in [-0.05, 0) is 36.4 Å². The van der Waals surface area contributed by atoms with Crippen LogP contribution in [0.4, 0.5) is 18.9 Å². The molecule has 0 saturated carbocycles. The minimum atomic E-state index is -5.08. The summed E-state index contributed by atoms with van der Waals surface area (Å²) in [7, 11) is 0. The summed E-state index contributed by atoms with van der Waals surface area (Å²) in [6.07, 6.45) is -2.01. The first-order chi connectivity index (χ1) is 15.1. The van der Waals surface area contributed by atoms with Gasteiger partial charge in [-0.1, -0.05) is 6.07 Å². The number of anilines is 1. The first-order valence-corrected chi connectivity index (χ1v) is 10.5. The molecule has 2 saturated heterocycles. The summed E-state index contributed by atoms with van der Waals surface area (Å²) in [6, 6.07) is 7.32. The second-order valence-electron chi connectivity index (χ2n) is 7.24. The summed E-state index contributed by atoms with van der Waals surface area (Å²) >= 11 is 1.58. The van der Waals surface area contributed by atoms with Gasteiger partial charge >= 0.3 is 12.1 Å². The number of halogens is 3. The number of carboxylic acids is 1. The predicted octanol–water partition coefficient (Wildman–Crippen LogP) is 2.81. The van der Waals surface area contributed by atoms with Crippen molar-refractivity contribution in [2.45, 2.75) is 24.6 Å². The average molecular weight is 471 g/mol. The Bertz CT molecular complexity index is 945. The van der Waals surface area contributed by atoms with Crippen LogP contribution in [0.25, 0.3) is 0 Å². The number of amides is 2. The van der Waals surface area contributed by atoms with Crippen molar-refractivity contribution in [3.05, 3.63) is 46.9 Å². The number of thiophene rings is 1. The van der Waals surface area contributed by atoms with Crippen LogP contribution < -0.4 is 4.90 Å². The molecule has 32 heavy (non-hydrogen) atoms. The summed E-state index contributed by atoms with van der Waals surface area (Å²) in [6.45, 7) is 1.88. The van der Waals surface area contributed by atoms with Crippen LogP contribution in [0.5, 0.6) is 0 Å². The molecule has 12 heteroatoms. The molecule has 2 aliphatic heterocycles. The molecule has 2 amide bonds. The molecule has 1 N–H and O–H groups in total. The Morgan fingerprint density at radius 3 is 2.41 bits per heavy atom. The highest BCUT2D eigenvalue weighted by atomic mass is 32.1. The van der Waals surface area contributed by atoms with E-state index in [4.69, 9.17) is 14.6 Å². The van der Waals surface area contributed by atoms with Crippen molar-refractivity contribution in [2.75, 3.05) is 31.1 Å². The van der Waals surface area contributed by atoms with Gasteiger partial charge in [-0.2, -0.15) is 24.5 Å². The molecular formula is C20H20F3N3O5S. The summed E-state index contributed by atoms with van der Waals surface area (Å²) < 4.78 is 37.7. The van der Waals surface area contributed by atoms with E-state index < -0.39 is 12.1 Å². The molecule has 2 aromatic heterocycles. The van der Waals surface area contributed by atoms with E-state index in [0.717, 1.165) is 18.5 Å². The minimum Gasteiger partial charge on any atom is -0.475 e. The normalized spacial score (nSPS) is 18.2. The quantitative estimate of drug-likeness (QED) is 0.723. The van der Waals surface area contributed by atoms with Crippen molar-refractivity contribution in [1.29, 1.82) is 0 Å². The zero-order valence-electron chi connectivity index (χ0n) is 16.7. The van der Waals surface area contributed by atoms with Crippen LogP contribution in [0.2, 0.25) is 0 Å². The van der Waals surface area contributed by atoms with Crippen LogP contribution in [0.1, 0.15) is 23.3 Å². The molecular weight excluding hydrogens is 451 g/mol. The highest BCUT2D eigenvalue weighted by Crippen LogP contribution is 2.33. The maximum atomic E-state index is 12.5. The Morgan fingerprint density at radius 2 is 1.88 bits per heavy atom. The van der Waals surface area contributed by atoms with Crippen molar-refractivity contribution in [1.82, 2.24) is 9.88 Å². The van der Waals surface area contributed by atoms with E-state index in [1.165, 1.54) is 0 Å². The third-order valence-electron chi connectivity index (χ3n) is 5.16. The molecule has 4 heterocycles. The zero-order chi connectivity index (χ0) is 23.4. The van der Waals surface area contributed by atoms with E-state index in [0.29, 0.717) is 25.3 Å². The number of carbonyl (C=O) groups excluding carboxylic acids is 2. The van der Waals surface area contributed by atoms with E-state index in [-0.39, 0.29) is 24.0 Å². The lowest BCUT2D eigenvalue weighted by atomic mass is 9.89. The van der Waals surface area contributed by atoms with Gasteiger partial charge < -0.3 is 19.6 Å². The second kappa shape index (κ2) is 9.65. The Morgan fingerprint density at radius 1 is 1.19 bits per heavy atom. The lowest BCUT2D eigenvalue weighted by Gasteiger charge is -2.46. The van der Waals surface area contributed by atoms with Crippen LogP contribution in [0.3, 0.4) is 0 Å². The third-order valence-corrected chi connectivity index (χ3v) is 5.83. The summed E-state index contributed by atoms with van der Waals surface area (Å²) in [5.74, 6) is -2.81. The number of carbonyl (C=O) groups is 3. The fourth-order valence-corrected chi connectivity index (χ4v) is 4.07. The number of morpholine rings is 1. The van der Waals surface area contributed by atoms with Crippen molar-refractivity contribution in [2.24, 2.45) is 0 Å². The SMILES string of the molecule is O=C(O)C(F)(F)F.O=C(c1ccccn1)N1CCC2(CC1)CN(c1ccsc1)C(=O)CO2. The van der Waals surface area contributed by atoms with Crippen LogP contribution in [-0.2, 0) is 14.3 Å². The zero-order valence-corrected chi connectivity index (χ0v) is 17.6. The maximum Gasteiger partial charge on any atom is 0.490 e. The number of hydrogen-bond acceptors (Lipinski definition) is 6. The first kappa shape index (κ1) is 23.7. The molecule has 172 valence electrons. The highest BCUT2D eigenvalue weighted by molar-refractivity contribution is 7.08. The number of likely N-dealkylation sites (tertiary alicyclic amines) is 1. The number of ether oxygens (including phenoxy) is 1. The molecule has 1 spiro atoms. The van der Waals surface area contributed by atoms with Crippen LogP contribution >= 0.6 is 11.3 Å². The molecule has 0 unspecified atom stereocenters. The molecule has 0 aliphatic carbocycles. The largest absolute Gasteiger partial charge is 0.490 e. The molecule has 2 aromatic rings. The highest BCUT2D eigenvalue weighted by Gasteiger charge is 2.43. The number of rotatable bonds is 2. The van der Waals surface area contributed by atoms with Gasteiger partial charge in [0.05, 0.1) is 17.8 Å². The molecule has 8 nitrogen and oxygen atoms in total. The van der Waals surface area contributed by atoms with Crippen molar-refractivity contribution in [3.8, 4) is 0 Å². The molecule has 0 aromatic carbocycles. The summed E-state index contributed by atoms with van der Waals surface area (Å²) in [4.78, 5) is 41.4. The lowest BCUT2D eigenvalue weighted by molar-refractivity contribution is -0.192. The summed E-state index contributed by atoms with van der Waals surface area (Å²) in [5, 5.41) is 11.1. The fraction of sp³-hybridized carbons (Fsp3) is 0.400. The fourth-order valence-electron chi connectivity index (χ4n) is 3.43. The van der Waals surface area contributed by atoms with Crippen LogP contribution in [0, 0.1) is 0 Å². The minimum absolute atomic E-state index is 0.00369. The van der Waals surface area contributed by atoms with E-state index >= 15 is 0 Å². The topological polar surface area (TPSA) is 100 Å². The number of pyridine rings is 1. The van der Waals surface area contributed by atoms with Gasteiger partial charge in [-0.3, -0.25) is 14.6 Å². The van der Waals surface area contributed by atoms with Crippen molar-refractivity contribution >= 4 is 34.8 Å². The molecule has 4 rings (SSSR count). The Kier molecular flexibility index (Phi) is 7.14. The van der Waals surface area contributed by atoms with Gasteiger partial charge in [0.2, 0.25) is 0 Å². The summed E-state index contributed by atoms with van der Waals surface area (Å²) in [5.41, 5.74) is 1.04. The van der Waals surface area contributed by atoms with Gasteiger partial charge in [-0.15, -0.1) is 0 Å². The van der Waals surface area contributed by atoms with E-state index in [1.807, 2.05) is 32.7 Å². The number of piperidine rings is 1. The van der Waals surface area contributed by atoms with Crippen molar-refractivity contribution in [3.63, 3.8) is 0 Å². The Labute approximate surface area is 185 Å². The number of alkyl halides is 3. The number of aliphatic carboxylic acids is 1. The molecule has 2 aliphatic rings. The van der Waals surface area contributed by atoms with E-state index in [1.54, 1.807) is 29.7 Å². The number of nitrogens with zero attached hydrogens (tertiary/aromatic N) is 3. The maximum absolute atomic E-state index is 12.5. The Balaban J connectivity index is 0.000000360. The first-order valence-electron chi connectivity index (χ1n) is 9.58. The number of carboxylic acid groups (broad SMARTS) is 1. The monoisotopic (exact) mass is 471 g/mol. The van der Waals surface area contributed by atoms with Crippen molar-refractivity contribution < 1.29 is 37.4 Å². The smallest absolute Gasteiger partial charge is 0.475 e. The standard InChI is InChI=1S/C18H19N3O3S.C2HF3O2/c22-16-11-24-18(13-21(16)14-4-10-25-12-14)5-8-20(9-6-18)17(23)15-3-1-2-7-19-15;3-2(4,5)1(6)7/h1-4,7,10,12H,5-6,8-9,11,13H2;(H,6,7). The lowest BCUT2D eigenvalue weighted by Crippen LogP contribution is -2.59. The molecule has 2 fully saturated rings. The van der Waals surface area contributed by atoms with Gasteiger partial charge in [0.25, 0.3) is 11.8 Å². The van der Waals surface area contributed by atoms with Crippen LogP contribution in [-0.4, -0.2) is 70.8 Å². The average Bonchev–Trinajstić information content (AvgIpc) is 3.31. The van der Waals surface area contributed by atoms with Gasteiger partial charge in [0, 0.05) is 24.7 Å². The van der Waals surface area contributed by atoms with Gasteiger partial charge in [-0.25, -0.2) is 4.79 Å². The van der Waals surface area contributed by atoms with Gasteiger partial charge in [0.1, 0.15) is 12.3 Å². The molecule has 0 atom stereocenters. The Hall–Kier alpha value is -2.99.